The van der Waals surface area contributed by atoms with Crippen LogP contribution in [0.5, 0.6) is 0 Å². The third kappa shape index (κ3) is 38.5. The first-order valence-electron chi connectivity index (χ1n) is 28.1. The van der Waals surface area contributed by atoms with Crippen LogP contribution in [0.4, 0.5) is 4.39 Å². The highest BCUT2D eigenvalue weighted by Crippen LogP contribution is 2.31. The quantitative estimate of drug-likeness (QED) is 0.226. The molecule has 0 amide bonds. The van der Waals surface area contributed by atoms with Gasteiger partial charge >= 0.3 is 0 Å². The molecule has 7 heteroatoms. The number of ether oxygens (including phenoxy) is 4. The zero-order valence-electron chi connectivity index (χ0n) is 47.5. The maximum Gasteiger partial charge on any atom is 0.154 e. The largest absolute Gasteiger partial charge is 0.412 e. The summed E-state index contributed by atoms with van der Waals surface area (Å²) in [4.78, 5) is 0. The molecule has 3 saturated carbocycles. The highest BCUT2D eigenvalue weighted by Gasteiger charge is 2.24. The second-order valence-electron chi connectivity index (χ2n) is 24.0. The van der Waals surface area contributed by atoms with Crippen molar-refractivity contribution in [2.45, 2.75) is 270 Å². The summed E-state index contributed by atoms with van der Waals surface area (Å²) >= 11 is 0. The molecular weight excluding hydrogens is 836 g/mol. The highest BCUT2D eigenvalue weighted by atomic mass is 19.1. The molecule has 0 radical (unpaired) electrons. The van der Waals surface area contributed by atoms with Crippen LogP contribution in [0, 0.1) is 65.1 Å². The molecule has 4 N–H and O–H groups in total. The minimum absolute atomic E-state index is 0. The van der Waals surface area contributed by atoms with Crippen LogP contribution in [-0.2, 0) is 18.9 Å². The number of halogens is 1. The zero-order chi connectivity index (χ0) is 48.7. The first kappa shape index (κ1) is 68.2. The summed E-state index contributed by atoms with van der Waals surface area (Å²) < 4.78 is 33.9. The van der Waals surface area contributed by atoms with Crippen LogP contribution in [0.2, 0.25) is 0 Å². The number of allylic oxidation sites excluding steroid dienone is 4. The van der Waals surface area contributed by atoms with Crippen LogP contribution >= 0.6 is 0 Å². The van der Waals surface area contributed by atoms with E-state index in [1.54, 1.807) is 11.1 Å². The Morgan fingerprint density at radius 3 is 0.910 bits per heavy atom. The molecule has 8 aliphatic rings. The van der Waals surface area contributed by atoms with Gasteiger partial charge in [-0.2, -0.15) is 0 Å². The van der Waals surface area contributed by atoms with Gasteiger partial charge < -0.3 is 29.9 Å². The third-order valence-corrected chi connectivity index (χ3v) is 15.5. The second kappa shape index (κ2) is 40.7. The molecule has 3 saturated heterocycles. The summed E-state index contributed by atoms with van der Waals surface area (Å²) in [6, 6.07) is 0. The molecule has 9 atom stereocenters. The van der Waals surface area contributed by atoms with Gasteiger partial charge in [0.05, 0.1) is 25.4 Å². The monoisotopic (exact) mass is 957 g/mol. The molecule has 0 spiro atoms. The maximum absolute atomic E-state index is 12.8. The van der Waals surface area contributed by atoms with Crippen LogP contribution in [0.15, 0.2) is 23.3 Å². The number of rotatable bonds is 0. The fraction of sp³-hybridized carbons (Fsp3) is 0.933. The lowest BCUT2D eigenvalue weighted by atomic mass is 9.83. The van der Waals surface area contributed by atoms with E-state index in [4.69, 9.17) is 18.9 Å². The van der Waals surface area contributed by atoms with Crippen molar-refractivity contribution in [1.82, 2.24) is 0 Å². The lowest BCUT2D eigenvalue weighted by Gasteiger charge is -2.26. The van der Waals surface area contributed by atoms with E-state index in [1.807, 2.05) is 13.8 Å². The molecule has 5 aliphatic carbocycles. The number of alkyl halides is 1. The van der Waals surface area contributed by atoms with Gasteiger partial charge in [-0.1, -0.05) is 157 Å². The first-order valence-corrected chi connectivity index (χ1v) is 28.1. The summed E-state index contributed by atoms with van der Waals surface area (Å²) in [5.74, 6) is 9.08. The van der Waals surface area contributed by atoms with Gasteiger partial charge in [-0.05, 0) is 171 Å². The Hall–Kier alpha value is -0.830. The normalized spacial score (nSPS) is 36.9. The predicted octanol–water partition coefficient (Wildman–Crippen LogP) is 17.2. The van der Waals surface area contributed by atoms with E-state index in [2.05, 4.69) is 109 Å². The van der Waals surface area contributed by atoms with Gasteiger partial charge in [-0.25, -0.2) is 4.39 Å². The molecule has 0 aromatic carbocycles. The fourth-order valence-corrected chi connectivity index (χ4v) is 9.23. The summed E-state index contributed by atoms with van der Waals surface area (Å²) in [6.07, 6.45) is 33.5. The third-order valence-electron chi connectivity index (χ3n) is 15.5. The Morgan fingerprint density at radius 2 is 0.687 bits per heavy atom. The van der Waals surface area contributed by atoms with E-state index in [0.29, 0.717) is 30.0 Å². The van der Waals surface area contributed by atoms with Crippen LogP contribution < -0.4 is 0 Å². The van der Waals surface area contributed by atoms with Crippen molar-refractivity contribution in [3.63, 3.8) is 0 Å². The van der Waals surface area contributed by atoms with Gasteiger partial charge in [0.15, 0.2) is 6.29 Å². The van der Waals surface area contributed by atoms with Crippen molar-refractivity contribution in [3.05, 3.63) is 23.3 Å². The molecular formula is C60H121FO6. The van der Waals surface area contributed by atoms with E-state index in [0.717, 1.165) is 86.6 Å². The van der Waals surface area contributed by atoms with Gasteiger partial charge in [-0.3, -0.25) is 0 Å². The standard InChI is InChI=1S/C8H15F.2C8H16.2C8H14.2C7H14O.C6H12O2.2H2O.H2/c1-6-3-4-7(2)8(9)5-6;4*1-7-3-5-8(2)6-4-7;2*1-6-3-4-7(2)8-5-6;1-5-3-7-6(2)8-4-5;;;/h6-8H,3-5H2,1-2H3;2*7-8H,3-6H2,1-2H3;2*3,8H,4-6H2,1-2H3;2*6-7H,3-5H2,1-2H3;5-6H,3-4H2,1-2H3;2*1H2;1H. The molecule has 3 aliphatic heterocycles. The van der Waals surface area contributed by atoms with Crippen molar-refractivity contribution >= 4 is 0 Å². The summed E-state index contributed by atoms with van der Waals surface area (Å²) in [5, 5.41) is 0. The van der Waals surface area contributed by atoms with Crippen LogP contribution in [-0.4, -0.2) is 62.0 Å². The predicted molar refractivity (Wildman–Crippen MR) is 292 cm³/mol. The minimum Gasteiger partial charge on any atom is -0.412 e. The average Bonchev–Trinajstić information content (AvgIpc) is 3.28. The Bertz CT molecular complexity index is 966. The van der Waals surface area contributed by atoms with Gasteiger partial charge in [0.2, 0.25) is 0 Å². The molecule has 6 nitrogen and oxygen atoms in total. The van der Waals surface area contributed by atoms with Crippen molar-refractivity contribution in [3.8, 4) is 0 Å². The summed E-state index contributed by atoms with van der Waals surface area (Å²) in [7, 11) is 0. The molecule has 0 aromatic rings. The van der Waals surface area contributed by atoms with Gasteiger partial charge in [0.1, 0.15) is 6.17 Å². The molecule has 67 heavy (non-hydrogen) atoms. The molecule has 6 fully saturated rings. The smallest absolute Gasteiger partial charge is 0.154 e. The molecule has 3 heterocycles. The number of hydrogen-bond donors (Lipinski definition) is 0. The van der Waals surface area contributed by atoms with E-state index in [9.17, 15) is 4.39 Å². The maximum atomic E-state index is 12.8. The van der Waals surface area contributed by atoms with Crippen molar-refractivity contribution < 1.29 is 35.7 Å². The lowest BCUT2D eigenvalue weighted by Crippen LogP contribution is -2.27. The van der Waals surface area contributed by atoms with Crippen molar-refractivity contribution in [2.75, 3.05) is 26.4 Å². The second-order valence-corrected chi connectivity index (χ2v) is 24.0. The number of hydrogen-bond acceptors (Lipinski definition) is 4. The highest BCUT2D eigenvalue weighted by molar-refractivity contribution is 5.02. The SMILES string of the molecule is CC1=CCC(C)CC1.CC1=CCC(C)CC1.CC1CCC(C)C(F)C1.CC1CCC(C)CC1.CC1CCC(C)CC1.CC1CCC(C)OC1.CC1CCC(C)OC1.CC1COC(C)OC1.O.O.[HH]. The molecule has 0 bridgehead atoms. The topological polar surface area (TPSA) is 99.9 Å². The summed E-state index contributed by atoms with van der Waals surface area (Å²) in [6.45, 7) is 39.2. The molecule has 404 valence electrons. The molecule has 0 aromatic heterocycles. The van der Waals surface area contributed by atoms with Gasteiger partial charge in [-0.15, -0.1) is 0 Å². The molecule has 8 rings (SSSR count). The van der Waals surface area contributed by atoms with E-state index in [-0.39, 0.29) is 18.7 Å². The first-order chi connectivity index (χ1) is 30.7. The summed E-state index contributed by atoms with van der Waals surface area (Å²) in [5.41, 5.74) is 3.17. The Kier molecular flexibility index (Phi) is 41.5. The Labute approximate surface area is 419 Å². The van der Waals surface area contributed by atoms with Crippen molar-refractivity contribution in [1.29, 1.82) is 0 Å². The van der Waals surface area contributed by atoms with Crippen LogP contribution in [0.3, 0.4) is 0 Å². The van der Waals surface area contributed by atoms with Crippen molar-refractivity contribution in [2.24, 2.45) is 65.1 Å². The van der Waals surface area contributed by atoms with E-state index in [1.165, 1.54) is 122 Å². The van der Waals surface area contributed by atoms with Gasteiger partial charge in [0, 0.05) is 20.6 Å². The average molecular weight is 958 g/mol. The van der Waals surface area contributed by atoms with E-state index < -0.39 is 6.17 Å². The Morgan fingerprint density at radius 1 is 0.373 bits per heavy atom. The fourth-order valence-electron chi connectivity index (χ4n) is 9.23. The Balaban J connectivity index is -0.000000706. The minimum atomic E-state index is -0.520. The lowest BCUT2D eigenvalue weighted by molar-refractivity contribution is -0.187. The van der Waals surface area contributed by atoms with E-state index >= 15 is 0 Å². The van der Waals surface area contributed by atoms with Crippen LogP contribution in [0.25, 0.3) is 0 Å². The van der Waals surface area contributed by atoms with Crippen LogP contribution in [0.1, 0.15) is 247 Å². The zero-order valence-corrected chi connectivity index (χ0v) is 47.5. The van der Waals surface area contributed by atoms with Gasteiger partial charge in [0.25, 0.3) is 0 Å². The molecule has 9 unspecified atom stereocenters.